The van der Waals surface area contributed by atoms with Crippen molar-refractivity contribution in [1.29, 1.82) is 5.26 Å². The molecule has 1 aromatic carbocycles. The van der Waals surface area contributed by atoms with Crippen LogP contribution in [-0.4, -0.2) is 31.1 Å². The van der Waals surface area contributed by atoms with Crippen LogP contribution in [-0.2, 0) is 21.2 Å². The fourth-order valence-corrected chi connectivity index (χ4v) is 4.08. The Kier molecular flexibility index (Phi) is 4.71. The molecule has 0 radical (unpaired) electrons. The number of rotatable bonds is 4. The van der Waals surface area contributed by atoms with Gasteiger partial charge in [0.15, 0.2) is 0 Å². The van der Waals surface area contributed by atoms with Crippen molar-refractivity contribution in [3.8, 4) is 6.07 Å². The van der Waals surface area contributed by atoms with Gasteiger partial charge in [0.2, 0.25) is 0 Å². The Hall–Kier alpha value is -3.22. The molecule has 1 aromatic heterocycles. The molecule has 1 aliphatic rings. The number of nitriles is 1. The van der Waals surface area contributed by atoms with Crippen LogP contribution in [0.4, 0.5) is 5.82 Å². The number of pyridine rings is 1. The van der Waals surface area contributed by atoms with Gasteiger partial charge in [0, 0.05) is 18.8 Å². The van der Waals surface area contributed by atoms with E-state index in [1.807, 2.05) is 6.07 Å². The lowest BCUT2D eigenvalue weighted by Crippen LogP contribution is -2.29. The highest BCUT2D eigenvalue weighted by Crippen LogP contribution is 2.31. The Morgan fingerprint density at radius 2 is 2.08 bits per heavy atom. The molecule has 0 aliphatic carbocycles. The summed E-state index contributed by atoms with van der Waals surface area (Å²) < 4.78 is 26.9. The SMILES string of the molecule is N#Cc1ccc(S(=O)(=O)N2CCc3cc(/C=C/C(=O)NO)cnc32)cc1. The summed E-state index contributed by atoms with van der Waals surface area (Å²) in [5.74, 6) is -0.325. The molecule has 0 atom stereocenters. The molecule has 0 saturated carbocycles. The number of sulfonamides is 1. The number of benzene rings is 1. The van der Waals surface area contributed by atoms with E-state index < -0.39 is 15.9 Å². The van der Waals surface area contributed by atoms with Gasteiger partial charge in [-0.15, -0.1) is 0 Å². The third-order valence-electron chi connectivity index (χ3n) is 3.89. The van der Waals surface area contributed by atoms with Crippen molar-refractivity contribution >= 4 is 27.8 Å². The lowest BCUT2D eigenvalue weighted by Gasteiger charge is -2.18. The first kappa shape index (κ1) is 17.6. The van der Waals surface area contributed by atoms with E-state index in [9.17, 15) is 13.2 Å². The van der Waals surface area contributed by atoms with E-state index in [0.29, 0.717) is 23.4 Å². The normalized spacial score (nSPS) is 13.5. The van der Waals surface area contributed by atoms with E-state index in [1.54, 1.807) is 6.07 Å². The number of hydrogen-bond donors (Lipinski definition) is 2. The van der Waals surface area contributed by atoms with Crippen LogP contribution in [0, 0.1) is 11.3 Å². The molecule has 2 heterocycles. The van der Waals surface area contributed by atoms with Crippen LogP contribution in [0.1, 0.15) is 16.7 Å². The number of carbonyl (C=O) groups is 1. The molecule has 3 rings (SSSR count). The molecule has 26 heavy (non-hydrogen) atoms. The zero-order chi connectivity index (χ0) is 18.7. The fourth-order valence-electron chi connectivity index (χ4n) is 2.62. The summed E-state index contributed by atoms with van der Waals surface area (Å²) in [7, 11) is -3.77. The van der Waals surface area contributed by atoms with Crippen molar-refractivity contribution in [3.63, 3.8) is 0 Å². The minimum absolute atomic E-state index is 0.0924. The third kappa shape index (κ3) is 3.28. The van der Waals surface area contributed by atoms with E-state index in [-0.39, 0.29) is 11.4 Å². The van der Waals surface area contributed by atoms with Gasteiger partial charge < -0.3 is 0 Å². The molecule has 2 N–H and O–H groups in total. The number of anilines is 1. The van der Waals surface area contributed by atoms with Gasteiger partial charge in [-0.3, -0.25) is 10.0 Å². The van der Waals surface area contributed by atoms with Gasteiger partial charge in [0.25, 0.3) is 15.9 Å². The van der Waals surface area contributed by atoms with Crippen LogP contribution < -0.4 is 9.79 Å². The minimum Gasteiger partial charge on any atom is -0.288 e. The largest absolute Gasteiger partial charge is 0.288 e. The van der Waals surface area contributed by atoms with Gasteiger partial charge in [0.1, 0.15) is 5.82 Å². The maximum Gasteiger partial charge on any atom is 0.267 e. The van der Waals surface area contributed by atoms with Crippen molar-refractivity contribution < 1.29 is 18.4 Å². The van der Waals surface area contributed by atoms with E-state index in [1.165, 1.54) is 46.3 Å². The average molecular weight is 370 g/mol. The smallest absolute Gasteiger partial charge is 0.267 e. The predicted molar refractivity (Wildman–Crippen MR) is 92.6 cm³/mol. The van der Waals surface area contributed by atoms with Crippen molar-refractivity contribution in [2.75, 3.05) is 10.8 Å². The van der Waals surface area contributed by atoms with Crippen LogP contribution >= 0.6 is 0 Å². The lowest BCUT2D eigenvalue weighted by atomic mass is 10.1. The number of hydrogen-bond acceptors (Lipinski definition) is 6. The first-order valence-electron chi connectivity index (χ1n) is 7.59. The molecular weight excluding hydrogens is 356 g/mol. The standard InChI is InChI=1S/C17H14N4O4S/c18-10-12-1-4-15(5-2-12)26(24,25)21-8-7-14-9-13(11-19-17(14)21)3-6-16(22)20-23/h1-6,9,11,23H,7-8H2,(H,20,22)/b6-3+. The Morgan fingerprint density at radius 1 is 1.35 bits per heavy atom. The van der Waals surface area contributed by atoms with Crippen molar-refractivity contribution in [2.24, 2.45) is 0 Å². The molecule has 8 nitrogen and oxygen atoms in total. The highest BCUT2D eigenvalue weighted by Gasteiger charge is 2.32. The third-order valence-corrected chi connectivity index (χ3v) is 5.70. The van der Waals surface area contributed by atoms with Gasteiger partial charge in [0.05, 0.1) is 16.5 Å². The number of aromatic nitrogens is 1. The maximum absolute atomic E-state index is 12.8. The molecular formula is C17H14N4O4S. The Labute approximate surface area is 150 Å². The number of amides is 1. The molecule has 0 bridgehead atoms. The summed E-state index contributed by atoms with van der Waals surface area (Å²) in [6.45, 7) is 0.259. The summed E-state index contributed by atoms with van der Waals surface area (Å²) in [5.41, 5.74) is 3.23. The maximum atomic E-state index is 12.8. The van der Waals surface area contributed by atoms with E-state index >= 15 is 0 Å². The Bertz CT molecular complexity index is 1020. The number of nitrogens with one attached hydrogen (secondary N) is 1. The van der Waals surface area contributed by atoms with Gasteiger partial charge in [-0.2, -0.15) is 5.26 Å². The zero-order valence-corrected chi connectivity index (χ0v) is 14.3. The predicted octanol–water partition coefficient (Wildman–Crippen LogP) is 1.22. The van der Waals surface area contributed by atoms with Crippen LogP contribution in [0.15, 0.2) is 47.5 Å². The molecule has 0 saturated heterocycles. The average Bonchev–Trinajstić information content (AvgIpc) is 3.10. The van der Waals surface area contributed by atoms with Crippen LogP contribution in [0.2, 0.25) is 0 Å². The molecule has 1 aliphatic heterocycles. The Balaban J connectivity index is 1.90. The molecule has 0 unspecified atom stereocenters. The van der Waals surface area contributed by atoms with Gasteiger partial charge in [-0.25, -0.2) is 23.2 Å². The van der Waals surface area contributed by atoms with Crippen molar-refractivity contribution in [1.82, 2.24) is 10.5 Å². The highest BCUT2D eigenvalue weighted by molar-refractivity contribution is 7.92. The monoisotopic (exact) mass is 370 g/mol. The van der Waals surface area contributed by atoms with Gasteiger partial charge in [-0.05, 0) is 54.0 Å². The summed E-state index contributed by atoms with van der Waals surface area (Å²) in [6.07, 6.45) is 4.55. The van der Waals surface area contributed by atoms with Gasteiger partial charge in [-0.1, -0.05) is 0 Å². The van der Waals surface area contributed by atoms with Crippen LogP contribution in [0.3, 0.4) is 0 Å². The molecule has 2 aromatic rings. The number of fused-ring (bicyclic) bond motifs is 1. The molecule has 0 fully saturated rings. The van der Waals surface area contributed by atoms with Crippen LogP contribution in [0.25, 0.3) is 6.08 Å². The lowest BCUT2D eigenvalue weighted by molar-refractivity contribution is -0.124. The second kappa shape index (κ2) is 6.95. The molecule has 0 spiro atoms. The van der Waals surface area contributed by atoms with Crippen molar-refractivity contribution in [2.45, 2.75) is 11.3 Å². The number of nitrogens with zero attached hydrogens (tertiary/aromatic N) is 3. The summed E-state index contributed by atoms with van der Waals surface area (Å²) in [4.78, 5) is 15.3. The minimum atomic E-state index is -3.77. The van der Waals surface area contributed by atoms with E-state index in [0.717, 1.165) is 11.6 Å². The van der Waals surface area contributed by atoms with E-state index in [2.05, 4.69) is 4.98 Å². The summed E-state index contributed by atoms with van der Waals surface area (Å²) in [5, 5.41) is 17.3. The highest BCUT2D eigenvalue weighted by atomic mass is 32.2. The fraction of sp³-hybridized carbons (Fsp3) is 0.118. The molecule has 132 valence electrons. The second-order valence-corrected chi connectivity index (χ2v) is 7.39. The number of carbonyl (C=O) groups excluding carboxylic acids is 1. The van der Waals surface area contributed by atoms with E-state index in [4.69, 9.17) is 10.5 Å². The topological polar surface area (TPSA) is 123 Å². The summed E-state index contributed by atoms with van der Waals surface area (Å²) >= 11 is 0. The first-order valence-corrected chi connectivity index (χ1v) is 9.03. The van der Waals surface area contributed by atoms with Crippen molar-refractivity contribution in [3.05, 3.63) is 59.3 Å². The van der Waals surface area contributed by atoms with Gasteiger partial charge >= 0.3 is 0 Å². The summed E-state index contributed by atoms with van der Waals surface area (Å²) in [6, 6.07) is 9.41. The van der Waals surface area contributed by atoms with Crippen LogP contribution in [0.5, 0.6) is 0 Å². The second-order valence-electron chi connectivity index (χ2n) is 5.52. The first-order chi connectivity index (χ1) is 12.5. The Morgan fingerprint density at radius 3 is 2.73 bits per heavy atom. The zero-order valence-electron chi connectivity index (χ0n) is 13.5. The molecule has 1 amide bonds. The number of hydroxylamine groups is 1. The molecule has 9 heteroatoms. The quantitative estimate of drug-likeness (QED) is 0.474.